The third-order valence-electron chi connectivity index (χ3n) is 4.99. The highest BCUT2D eigenvalue weighted by Crippen LogP contribution is 2.27. The molecule has 7 heteroatoms. The molecule has 1 saturated heterocycles. The molecule has 0 unspecified atom stereocenters. The molecule has 0 radical (unpaired) electrons. The number of hydrogen-bond acceptors (Lipinski definition) is 4. The number of rotatable bonds is 6. The van der Waals surface area contributed by atoms with E-state index in [1.165, 1.54) is 17.8 Å². The van der Waals surface area contributed by atoms with Gasteiger partial charge in [-0.05, 0) is 56.2 Å². The van der Waals surface area contributed by atoms with E-state index in [1.54, 1.807) is 12.1 Å². The molecule has 0 aromatic heterocycles. The van der Waals surface area contributed by atoms with Crippen molar-refractivity contribution in [1.29, 1.82) is 0 Å². The summed E-state index contributed by atoms with van der Waals surface area (Å²) in [6, 6.07) is 13.9. The van der Waals surface area contributed by atoms with Crippen molar-refractivity contribution in [1.82, 2.24) is 9.62 Å². The van der Waals surface area contributed by atoms with Crippen LogP contribution < -0.4 is 4.72 Å². The number of benzene rings is 2. The Balaban J connectivity index is 1.88. The molecule has 0 spiro atoms. The summed E-state index contributed by atoms with van der Waals surface area (Å²) >= 11 is 1.46. The van der Waals surface area contributed by atoms with Crippen molar-refractivity contribution in [2.75, 3.05) is 19.3 Å². The second kappa shape index (κ2) is 9.11. The maximum Gasteiger partial charge on any atom is 0.255 e. The second-order valence-electron chi connectivity index (χ2n) is 6.97. The third-order valence-corrected chi connectivity index (χ3v) is 7.32. The first-order valence-corrected chi connectivity index (χ1v) is 12.2. The first-order valence-electron chi connectivity index (χ1n) is 9.47. The maximum atomic E-state index is 13.0. The number of hydrogen-bond donors (Lipinski definition) is 1. The van der Waals surface area contributed by atoms with E-state index < -0.39 is 10.0 Å². The Labute approximate surface area is 171 Å². The number of carbonyl (C=O) groups excluding carboxylic acids is 1. The zero-order chi connectivity index (χ0) is 20.1. The minimum Gasteiger partial charge on any atom is -0.339 e. The minimum absolute atomic E-state index is 0.0859. The molecule has 1 aliphatic heterocycles. The highest BCUT2D eigenvalue weighted by atomic mass is 32.2. The van der Waals surface area contributed by atoms with Crippen LogP contribution in [0.5, 0.6) is 0 Å². The van der Waals surface area contributed by atoms with Crippen molar-refractivity contribution in [2.45, 2.75) is 42.0 Å². The fourth-order valence-electron chi connectivity index (χ4n) is 3.40. The van der Waals surface area contributed by atoms with E-state index in [4.69, 9.17) is 0 Å². The van der Waals surface area contributed by atoms with Gasteiger partial charge in [0.15, 0.2) is 0 Å². The predicted molar refractivity (Wildman–Crippen MR) is 113 cm³/mol. The molecule has 0 saturated carbocycles. The molecule has 1 amide bonds. The van der Waals surface area contributed by atoms with Crippen LogP contribution >= 0.6 is 11.8 Å². The van der Waals surface area contributed by atoms with Crippen LogP contribution in [-0.4, -0.2) is 38.6 Å². The number of nitrogens with zero attached hydrogens (tertiary/aromatic N) is 1. The van der Waals surface area contributed by atoms with E-state index in [9.17, 15) is 13.2 Å². The Morgan fingerprint density at radius 2 is 1.75 bits per heavy atom. The van der Waals surface area contributed by atoms with Crippen LogP contribution in [0.3, 0.4) is 0 Å². The van der Waals surface area contributed by atoms with Gasteiger partial charge in [0.2, 0.25) is 10.0 Å². The fraction of sp³-hybridized carbons (Fsp3) is 0.381. The molecular weight excluding hydrogens is 392 g/mol. The molecule has 0 bridgehead atoms. The first kappa shape index (κ1) is 20.9. The number of thioether (sulfide) groups is 1. The van der Waals surface area contributed by atoms with Crippen LogP contribution in [0.4, 0.5) is 0 Å². The Hall–Kier alpha value is -1.83. The van der Waals surface area contributed by atoms with Crippen molar-refractivity contribution in [3.63, 3.8) is 0 Å². The van der Waals surface area contributed by atoms with Gasteiger partial charge >= 0.3 is 0 Å². The van der Waals surface area contributed by atoms with Crippen molar-refractivity contribution >= 4 is 27.7 Å². The average molecular weight is 419 g/mol. The zero-order valence-corrected chi connectivity index (χ0v) is 17.9. The van der Waals surface area contributed by atoms with E-state index in [0.29, 0.717) is 5.56 Å². The van der Waals surface area contributed by atoms with E-state index in [-0.39, 0.29) is 16.8 Å². The molecule has 1 atom stereocenters. The van der Waals surface area contributed by atoms with Crippen LogP contribution in [-0.2, 0) is 10.0 Å². The molecule has 1 fully saturated rings. The highest BCUT2D eigenvalue weighted by Gasteiger charge is 2.24. The molecular formula is C21H26N2O3S2. The van der Waals surface area contributed by atoms with Gasteiger partial charge in [0.25, 0.3) is 5.91 Å². The molecule has 5 nitrogen and oxygen atoms in total. The summed E-state index contributed by atoms with van der Waals surface area (Å²) in [4.78, 5) is 15.7. The lowest BCUT2D eigenvalue weighted by atomic mass is 10.1. The van der Waals surface area contributed by atoms with Gasteiger partial charge in [-0.25, -0.2) is 13.1 Å². The fourth-order valence-corrected chi connectivity index (χ4v) is 5.23. The van der Waals surface area contributed by atoms with Gasteiger partial charge in [-0.3, -0.25) is 4.79 Å². The Bertz CT molecular complexity index is 924. The van der Waals surface area contributed by atoms with Crippen LogP contribution in [0.1, 0.15) is 48.1 Å². The molecule has 2 aromatic rings. The van der Waals surface area contributed by atoms with E-state index in [1.807, 2.05) is 48.4 Å². The predicted octanol–water partition coefficient (Wildman–Crippen LogP) is 4.07. The number of sulfonamides is 1. The Kier molecular flexibility index (Phi) is 6.80. The van der Waals surface area contributed by atoms with Crippen LogP contribution in [0.25, 0.3) is 0 Å². The molecule has 1 heterocycles. The maximum absolute atomic E-state index is 13.0. The summed E-state index contributed by atoms with van der Waals surface area (Å²) in [6.45, 7) is 3.27. The van der Waals surface area contributed by atoms with Crippen molar-refractivity contribution in [3.05, 3.63) is 59.7 Å². The van der Waals surface area contributed by atoms with E-state index >= 15 is 0 Å². The van der Waals surface area contributed by atoms with Crippen LogP contribution in [0.15, 0.2) is 58.3 Å². The first-order chi connectivity index (χ1) is 13.4. The van der Waals surface area contributed by atoms with E-state index in [2.05, 4.69) is 4.72 Å². The van der Waals surface area contributed by atoms with Gasteiger partial charge < -0.3 is 4.90 Å². The normalized spacial score (nSPS) is 16.0. The number of amides is 1. The van der Waals surface area contributed by atoms with Crippen molar-refractivity contribution in [2.24, 2.45) is 0 Å². The monoisotopic (exact) mass is 418 g/mol. The SMILES string of the molecule is CSc1ccc(S(=O)(=O)N[C@@H](C)c2ccccc2)cc1C(=O)N1CCCCC1. The standard InChI is InChI=1S/C21H26N2O3S2/c1-16(17-9-5-3-6-10-17)22-28(25,26)18-11-12-20(27-2)19(15-18)21(24)23-13-7-4-8-14-23/h3,5-6,9-12,15-16,22H,4,7-8,13-14H2,1-2H3/t16-/m0/s1. The van der Waals surface area contributed by atoms with E-state index in [0.717, 1.165) is 42.8 Å². The molecule has 1 aliphatic rings. The topological polar surface area (TPSA) is 66.5 Å². The number of piperidine rings is 1. The third kappa shape index (κ3) is 4.77. The number of likely N-dealkylation sites (tertiary alicyclic amines) is 1. The lowest BCUT2D eigenvalue weighted by Crippen LogP contribution is -2.36. The van der Waals surface area contributed by atoms with Crippen molar-refractivity contribution in [3.8, 4) is 0 Å². The summed E-state index contributed by atoms with van der Waals surface area (Å²) in [5, 5.41) is 0. The lowest BCUT2D eigenvalue weighted by Gasteiger charge is -2.27. The largest absolute Gasteiger partial charge is 0.339 e. The highest BCUT2D eigenvalue weighted by molar-refractivity contribution is 7.98. The van der Waals surface area contributed by atoms with Crippen LogP contribution in [0, 0.1) is 0 Å². The van der Waals surface area contributed by atoms with Gasteiger partial charge in [-0.1, -0.05) is 30.3 Å². The number of carbonyl (C=O) groups is 1. The number of nitrogens with one attached hydrogen (secondary N) is 1. The summed E-state index contributed by atoms with van der Waals surface area (Å²) in [5.41, 5.74) is 1.35. The Morgan fingerprint density at radius 3 is 2.39 bits per heavy atom. The molecule has 150 valence electrons. The molecule has 0 aliphatic carbocycles. The molecule has 1 N–H and O–H groups in total. The second-order valence-corrected chi connectivity index (χ2v) is 9.53. The van der Waals surface area contributed by atoms with Gasteiger partial charge in [0.1, 0.15) is 0 Å². The minimum atomic E-state index is -3.75. The lowest BCUT2D eigenvalue weighted by molar-refractivity contribution is 0.0720. The van der Waals surface area contributed by atoms with Gasteiger partial charge in [-0.2, -0.15) is 0 Å². The summed E-state index contributed by atoms with van der Waals surface area (Å²) in [7, 11) is -3.75. The molecule has 3 rings (SSSR count). The molecule has 2 aromatic carbocycles. The van der Waals surface area contributed by atoms with Crippen LogP contribution in [0.2, 0.25) is 0 Å². The summed E-state index contributed by atoms with van der Waals surface area (Å²) < 4.78 is 28.6. The zero-order valence-electron chi connectivity index (χ0n) is 16.2. The summed E-state index contributed by atoms with van der Waals surface area (Å²) in [6.07, 6.45) is 5.02. The smallest absolute Gasteiger partial charge is 0.255 e. The Morgan fingerprint density at radius 1 is 1.07 bits per heavy atom. The summed E-state index contributed by atoms with van der Waals surface area (Å²) in [5.74, 6) is -0.0859. The quantitative estimate of drug-likeness (QED) is 0.718. The molecule has 28 heavy (non-hydrogen) atoms. The van der Waals surface area contributed by atoms with Gasteiger partial charge in [0, 0.05) is 24.0 Å². The van der Waals surface area contributed by atoms with Gasteiger partial charge in [0.05, 0.1) is 10.5 Å². The van der Waals surface area contributed by atoms with Gasteiger partial charge in [-0.15, -0.1) is 11.8 Å². The average Bonchev–Trinajstić information content (AvgIpc) is 2.73. The van der Waals surface area contributed by atoms with Crippen molar-refractivity contribution < 1.29 is 13.2 Å².